The van der Waals surface area contributed by atoms with E-state index in [1.807, 2.05) is 11.9 Å². The van der Waals surface area contributed by atoms with E-state index >= 15 is 0 Å². The molecule has 1 amide bonds. The first-order valence-electron chi connectivity index (χ1n) is 6.38. The highest BCUT2D eigenvalue weighted by Gasteiger charge is 2.31. The van der Waals surface area contributed by atoms with Gasteiger partial charge in [-0.3, -0.25) is 4.79 Å². The van der Waals surface area contributed by atoms with E-state index in [1.54, 1.807) is 18.2 Å². The summed E-state index contributed by atoms with van der Waals surface area (Å²) in [5.41, 5.74) is 0.825. The summed E-state index contributed by atoms with van der Waals surface area (Å²) in [6, 6.07) is 5.29. The Balaban J connectivity index is 2.09. The summed E-state index contributed by atoms with van der Waals surface area (Å²) in [6.45, 7) is 3.77. The summed E-state index contributed by atoms with van der Waals surface area (Å²) in [5, 5.41) is 3.96. The Morgan fingerprint density at radius 2 is 2.05 bits per heavy atom. The highest BCUT2D eigenvalue weighted by Crippen LogP contribution is 2.26. The number of rotatable bonds is 2. The summed E-state index contributed by atoms with van der Waals surface area (Å²) >= 11 is 9.31. The van der Waals surface area contributed by atoms with Crippen molar-refractivity contribution in [1.29, 1.82) is 0 Å². The molecule has 0 aromatic heterocycles. The summed E-state index contributed by atoms with van der Waals surface area (Å²) in [4.78, 5) is 14.4. The molecule has 0 unspecified atom stereocenters. The van der Waals surface area contributed by atoms with Gasteiger partial charge < -0.3 is 10.2 Å². The van der Waals surface area contributed by atoms with Crippen LogP contribution in [0.1, 0.15) is 30.1 Å². The van der Waals surface area contributed by atoms with Crippen LogP contribution in [0.15, 0.2) is 22.7 Å². The lowest BCUT2D eigenvalue weighted by molar-refractivity contribution is 0.0661. The molecule has 1 aliphatic heterocycles. The fourth-order valence-corrected chi connectivity index (χ4v) is 3.14. The number of carbonyl (C=O) groups excluding carboxylic acids is 1. The maximum Gasteiger partial charge on any atom is 0.255 e. The number of hydrogen-bond donors (Lipinski definition) is 1. The number of hydrogen-bond acceptors (Lipinski definition) is 2. The zero-order valence-electron chi connectivity index (χ0n) is 11.2. The largest absolute Gasteiger partial charge is 0.338 e. The van der Waals surface area contributed by atoms with Crippen LogP contribution in [0, 0.1) is 0 Å². The van der Waals surface area contributed by atoms with Crippen LogP contribution < -0.4 is 5.32 Å². The van der Waals surface area contributed by atoms with Crippen molar-refractivity contribution in [2.24, 2.45) is 0 Å². The van der Waals surface area contributed by atoms with Gasteiger partial charge in [0.2, 0.25) is 0 Å². The number of likely N-dealkylation sites (tertiary alicyclic amines) is 1. The van der Waals surface area contributed by atoms with Crippen molar-refractivity contribution in [3.63, 3.8) is 0 Å². The smallest absolute Gasteiger partial charge is 0.255 e. The molecule has 104 valence electrons. The van der Waals surface area contributed by atoms with E-state index in [0.717, 1.165) is 30.4 Å². The minimum absolute atomic E-state index is 0.0710. The molecule has 1 aromatic carbocycles. The standard InChI is InChI=1S/C14H18BrClN2O/c1-14(17-2)5-7-18(8-6-14)13(19)11-4-3-10(16)9-12(11)15/h3-4,9,17H,5-8H2,1-2H3. The molecule has 1 heterocycles. The Morgan fingerprint density at radius 1 is 1.42 bits per heavy atom. The van der Waals surface area contributed by atoms with Gasteiger partial charge in [0.05, 0.1) is 5.56 Å². The number of benzene rings is 1. The first kappa shape index (κ1) is 14.8. The van der Waals surface area contributed by atoms with Gasteiger partial charge in [-0.15, -0.1) is 0 Å². The fourth-order valence-electron chi connectivity index (χ4n) is 2.29. The third kappa shape index (κ3) is 3.30. The minimum atomic E-state index is 0.0710. The zero-order valence-corrected chi connectivity index (χ0v) is 13.5. The van der Waals surface area contributed by atoms with Gasteiger partial charge in [-0.2, -0.15) is 0 Å². The predicted molar refractivity (Wildman–Crippen MR) is 81.8 cm³/mol. The molecule has 19 heavy (non-hydrogen) atoms. The van der Waals surface area contributed by atoms with Gasteiger partial charge in [0.1, 0.15) is 0 Å². The molecule has 0 atom stereocenters. The molecule has 2 rings (SSSR count). The maximum atomic E-state index is 12.5. The van der Waals surface area contributed by atoms with Gasteiger partial charge in [0.25, 0.3) is 5.91 Å². The SMILES string of the molecule is CNC1(C)CCN(C(=O)c2ccc(Cl)cc2Br)CC1. The molecule has 1 saturated heterocycles. The van der Waals surface area contributed by atoms with E-state index in [4.69, 9.17) is 11.6 Å². The van der Waals surface area contributed by atoms with Crippen LogP contribution in [-0.2, 0) is 0 Å². The lowest BCUT2D eigenvalue weighted by Crippen LogP contribution is -2.51. The molecule has 1 aliphatic rings. The van der Waals surface area contributed by atoms with Gasteiger partial charge in [-0.1, -0.05) is 11.6 Å². The maximum absolute atomic E-state index is 12.5. The fraction of sp³-hybridized carbons (Fsp3) is 0.500. The van der Waals surface area contributed by atoms with Crippen LogP contribution in [-0.4, -0.2) is 36.5 Å². The Kier molecular flexibility index (Phi) is 4.54. The summed E-state index contributed by atoms with van der Waals surface area (Å²) in [6.07, 6.45) is 1.95. The summed E-state index contributed by atoms with van der Waals surface area (Å²) < 4.78 is 0.756. The number of halogens is 2. The van der Waals surface area contributed by atoms with E-state index < -0.39 is 0 Å². The van der Waals surface area contributed by atoms with E-state index in [2.05, 4.69) is 28.2 Å². The summed E-state index contributed by atoms with van der Waals surface area (Å²) in [7, 11) is 1.98. The quantitative estimate of drug-likeness (QED) is 0.892. The highest BCUT2D eigenvalue weighted by molar-refractivity contribution is 9.10. The average Bonchev–Trinajstić information content (AvgIpc) is 2.39. The van der Waals surface area contributed by atoms with Gasteiger partial charge in [0, 0.05) is 28.1 Å². The molecule has 1 N–H and O–H groups in total. The third-order valence-corrected chi connectivity index (χ3v) is 4.81. The molecule has 1 fully saturated rings. The van der Waals surface area contributed by atoms with Crippen molar-refractivity contribution >= 4 is 33.4 Å². The van der Waals surface area contributed by atoms with Crippen LogP contribution in [0.25, 0.3) is 0 Å². The van der Waals surface area contributed by atoms with Crippen molar-refractivity contribution in [3.05, 3.63) is 33.3 Å². The van der Waals surface area contributed by atoms with Crippen LogP contribution in [0.5, 0.6) is 0 Å². The molecule has 5 heteroatoms. The first-order chi connectivity index (χ1) is 8.95. The average molecular weight is 346 g/mol. The van der Waals surface area contributed by atoms with Gasteiger partial charge >= 0.3 is 0 Å². The molecule has 0 spiro atoms. The minimum Gasteiger partial charge on any atom is -0.338 e. The Morgan fingerprint density at radius 3 is 2.58 bits per heavy atom. The van der Waals surface area contributed by atoms with E-state index in [-0.39, 0.29) is 11.4 Å². The number of piperidine rings is 1. The molecular formula is C14H18BrClN2O. The Bertz CT molecular complexity index is 484. The molecule has 0 aliphatic carbocycles. The van der Waals surface area contributed by atoms with Crippen molar-refractivity contribution < 1.29 is 4.79 Å². The second-order valence-electron chi connectivity index (χ2n) is 5.23. The van der Waals surface area contributed by atoms with Crippen molar-refractivity contribution in [2.75, 3.05) is 20.1 Å². The molecule has 0 radical (unpaired) electrons. The summed E-state index contributed by atoms with van der Waals surface area (Å²) in [5.74, 6) is 0.0710. The van der Waals surface area contributed by atoms with E-state index in [1.165, 1.54) is 0 Å². The monoisotopic (exact) mass is 344 g/mol. The lowest BCUT2D eigenvalue weighted by atomic mass is 9.89. The Labute approximate surface area is 127 Å². The van der Waals surface area contributed by atoms with Gasteiger partial charge in [-0.05, 0) is 60.9 Å². The van der Waals surface area contributed by atoms with Crippen LogP contribution in [0.2, 0.25) is 5.02 Å². The van der Waals surface area contributed by atoms with E-state index in [9.17, 15) is 4.79 Å². The van der Waals surface area contributed by atoms with Crippen LogP contribution in [0.3, 0.4) is 0 Å². The highest BCUT2D eigenvalue weighted by atomic mass is 79.9. The first-order valence-corrected chi connectivity index (χ1v) is 7.55. The number of nitrogens with one attached hydrogen (secondary N) is 1. The molecular weight excluding hydrogens is 328 g/mol. The number of carbonyl (C=O) groups is 1. The second-order valence-corrected chi connectivity index (χ2v) is 6.52. The second kappa shape index (κ2) is 5.81. The van der Waals surface area contributed by atoms with Crippen LogP contribution >= 0.6 is 27.5 Å². The normalized spacial score (nSPS) is 18.4. The molecule has 1 aromatic rings. The number of nitrogens with zero attached hydrogens (tertiary/aromatic N) is 1. The number of amides is 1. The molecule has 0 bridgehead atoms. The predicted octanol–water partition coefficient (Wildman–Crippen LogP) is 3.32. The molecule has 3 nitrogen and oxygen atoms in total. The third-order valence-electron chi connectivity index (χ3n) is 3.92. The van der Waals surface area contributed by atoms with Crippen molar-refractivity contribution in [2.45, 2.75) is 25.3 Å². The van der Waals surface area contributed by atoms with E-state index in [0.29, 0.717) is 10.6 Å². The lowest BCUT2D eigenvalue weighted by Gasteiger charge is -2.39. The van der Waals surface area contributed by atoms with Crippen molar-refractivity contribution in [3.8, 4) is 0 Å². The van der Waals surface area contributed by atoms with Crippen molar-refractivity contribution in [1.82, 2.24) is 10.2 Å². The topological polar surface area (TPSA) is 32.3 Å². The van der Waals surface area contributed by atoms with Crippen LogP contribution in [0.4, 0.5) is 0 Å². The van der Waals surface area contributed by atoms with Gasteiger partial charge in [-0.25, -0.2) is 0 Å². The zero-order chi connectivity index (χ0) is 14.0. The molecule has 0 saturated carbocycles. The van der Waals surface area contributed by atoms with Gasteiger partial charge in [0.15, 0.2) is 0 Å². The Hall–Kier alpha value is -0.580.